The second-order valence-corrected chi connectivity index (χ2v) is 7.85. The van der Waals surface area contributed by atoms with Gasteiger partial charge in [0.2, 0.25) is 0 Å². The maximum Gasteiger partial charge on any atom is 0.163 e. The van der Waals surface area contributed by atoms with Crippen LogP contribution in [0, 0.1) is 0 Å². The Morgan fingerprint density at radius 1 is 1.27 bits per heavy atom. The SMILES string of the molecule is CS(=O)(=O)[C@@H](Br)[C@H](O)c1ccc(Br)cc1. The number of hydrogen-bond acceptors (Lipinski definition) is 3. The van der Waals surface area contributed by atoms with Crippen molar-refractivity contribution in [1.82, 2.24) is 0 Å². The van der Waals surface area contributed by atoms with E-state index >= 15 is 0 Å². The summed E-state index contributed by atoms with van der Waals surface area (Å²) in [5.74, 6) is 0. The van der Waals surface area contributed by atoms with Crippen molar-refractivity contribution in [2.24, 2.45) is 0 Å². The van der Waals surface area contributed by atoms with Crippen molar-refractivity contribution in [1.29, 1.82) is 0 Å². The Balaban J connectivity index is 2.95. The summed E-state index contributed by atoms with van der Waals surface area (Å²) in [4.78, 5) is 0. The molecule has 15 heavy (non-hydrogen) atoms. The zero-order chi connectivity index (χ0) is 11.6. The molecule has 0 bridgehead atoms. The van der Waals surface area contributed by atoms with E-state index in [0.29, 0.717) is 5.56 Å². The van der Waals surface area contributed by atoms with Crippen molar-refractivity contribution in [3.05, 3.63) is 34.3 Å². The maximum atomic E-state index is 11.2. The molecule has 0 aliphatic heterocycles. The van der Waals surface area contributed by atoms with E-state index in [4.69, 9.17) is 0 Å². The van der Waals surface area contributed by atoms with Gasteiger partial charge in [0, 0.05) is 10.7 Å². The molecule has 0 amide bonds. The van der Waals surface area contributed by atoms with E-state index in [9.17, 15) is 13.5 Å². The van der Waals surface area contributed by atoms with Gasteiger partial charge in [-0.2, -0.15) is 0 Å². The molecule has 0 saturated heterocycles. The molecule has 0 radical (unpaired) electrons. The monoisotopic (exact) mass is 356 g/mol. The second-order valence-electron chi connectivity index (χ2n) is 3.18. The molecule has 0 aromatic heterocycles. The van der Waals surface area contributed by atoms with Crippen LogP contribution in [0.4, 0.5) is 0 Å². The van der Waals surface area contributed by atoms with Crippen molar-refractivity contribution >= 4 is 41.7 Å². The Morgan fingerprint density at radius 3 is 2.13 bits per heavy atom. The molecule has 1 aromatic carbocycles. The highest BCUT2D eigenvalue weighted by molar-refractivity contribution is 9.11. The number of halogens is 2. The predicted molar refractivity (Wildman–Crippen MR) is 66.7 cm³/mol. The van der Waals surface area contributed by atoms with E-state index in [-0.39, 0.29) is 0 Å². The summed E-state index contributed by atoms with van der Waals surface area (Å²) in [6.07, 6.45) is 0.0159. The number of aliphatic hydroxyl groups excluding tert-OH is 1. The first-order valence-corrected chi connectivity index (χ1v) is 7.75. The highest BCUT2D eigenvalue weighted by atomic mass is 79.9. The molecule has 1 rings (SSSR count). The third-order valence-corrected chi connectivity index (χ3v) is 6.01. The number of alkyl halides is 1. The lowest BCUT2D eigenvalue weighted by atomic mass is 10.1. The fourth-order valence-electron chi connectivity index (χ4n) is 1.05. The first-order valence-electron chi connectivity index (χ1n) is 4.09. The molecule has 0 unspecified atom stereocenters. The van der Waals surface area contributed by atoms with Crippen LogP contribution in [-0.2, 0) is 9.84 Å². The fourth-order valence-corrected chi connectivity index (χ4v) is 2.24. The van der Waals surface area contributed by atoms with Gasteiger partial charge >= 0.3 is 0 Å². The Bertz CT molecular complexity index is 427. The quantitative estimate of drug-likeness (QED) is 0.844. The first-order chi connectivity index (χ1) is 6.82. The van der Waals surface area contributed by atoms with Crippen LogP contribution >= 0.6 is 31.9 Å². The van der Waals surface area contributed by atoms with Gasteiger partial charge in [-0.25, -0.2) is 8.42 Å². The highest BCUT2D eigenvalue weighted by Crippen LogP contribution is 2.27. The van der Waals surface area contributed by atoms with Gasteiger partial charge in [0.1, 0.15) is 10.3 Å². The fraction of sp³-hybridized carbons (Fsp3) is 0.333. The van der Waals surface area contributed by atoms with Crippen LogP contribution < -0.4 is 0 Å². The Hall–Kier alpha value is 0.0900. The molecule has 2 atom stereocenters. The van der Waals surface area contributed by atoms with Crippen molar-refractivity contribution in [2.45, 2.75) is 10.3 Å². The van der Waals surface area contributed by atoms with Gasteiger partial charge in [-0.05, 0) is 17.7 Å². The summed E-state index contributed by atoms with van der Waals surface area (Å²) < 4.78 is 22.3. The zero-order valence-electron chi connectivity index (χ0n) is 7.89. The summed E-state index contributed by atoms with van der Waals surface area (Å²) in [6.45, 7) is 0. The van der Waals surface area contributed by atoms with Crippen molar-refractivity contribution in [2.75, 3.05) is 6.26 Å². The summed E-state index contributed by atoms with van der Waals surface area (Å²) in [7, 11) is -3.31. The minimum absolute atomic E-state index is 0.561. The molecule has 1 N–H and O–H groups in total. The minimum atomic E-state index is -3.31. The Labute approximate surface area is 106 Å². The van der Waals surface area contributed by atoms with Crippen LogP contribution in [0.5, 0.6) is 0 Å². The molecule has 0 spiro atoms. The third-order valence-electron chi connectivity index (χ3n) is 1.87. The predicted octanol–water partition coefficient (Wildman–Crippen LogP) is 2.25. The molecule has 0 saturated carbocycles. The molecule has 84 valence electrons. The van der Waals surface area contributed by atoms with E-state index in [1.54, 1.807) is 24.3 Å². The van der Waals surface area contributed by atoms with Crippen molar-refractivity contribution < 1.29 is 13.5 Å². The Morgan fingerprint density at radius 2 is 1.73 bits per heavy atom. The molecular weight excluding hydrogens is 348 g/mol. The topological polar surface area (TPSA) is 54.4 Å². The van der Waals surface area contributed by atoms with Crippen LogP contribution in [0.2, 0.25) is 0 Å². The number of rotatable bonds is 3. The van der Waals surface area contributed by atoms with Gasteiger partial charge in [0.05, 0.1) is 0 Å². The minimum Gasteiger partial charge on any atom is -0.386 e. The molecule has 0 fully saturated rings. The van der Waals surface area contributed by atoms with Gasteiger partial charge in [-0.1, -0.05) is 44.0 Å². The third kappa shape index (κ3) is 3.55. The average Bonchev–Trinajstić information content (AvgIpc) is 2.15. The van der Waals surface area contributed by atoms with Gasteiger partial charge in [-0.15, -0.1) is 0 Å². The van der Waals surface area contributed by atoms with Crippen LogP contribution in [0.25, 0.3) is 0 Å². The first kappa shape index (κ1) is 13.2. The number of aliphatic hydroxyl groups is 1. The molecule has 1 aromatic rings. The summed E-state index contributed by atoms with van der Waals surface area (Å²) in [6, 6.07) is 6.85. The number of benzene rings is 1. The largest absolute Gasteiger partial charge is 0.386 e. The summed E-state index contributed by atoms with van der Waals surface area (Å²) in [5.41, 5.74) is 0.561. The number of hydrogen-bond donors (Lipinski definition) is 1. The lowest BCUT2D eigenvalue weighted by molar-refractivity contribution is 0.195. The van der Waals surface area contributed by atoms with Crippen LogP contribution in [0.3, 0.4) is 0 Å². The Kier molecular flexibility index (Phi) is 4.34. The zero-order valence-corrected chi connectivity index (χ0v) is 11.9. The lowest BCUT2D eigenvalue weighted by Crippen LogP contribution is -2.21. The molecule has 6 heteroatoms. The van der Waals surface area contributed by atoms with Gasteiger partial charge < -0.3 is 5.11 Å². The maximum absolute atomic E-state index is 11.2. The molecule has 0 aliphatic carbocycles. The van der Waals surface area contributed by atoms with Crippen molar-refractivity contribution in [3.8, 4) is 0 Å². The molecule has 0 heterocycles. The van der Waals surface area contributed by atoms with E-state index < -0.39 is 20.1 Å². The van der Waals surface area contributed by atoms with Gasteiger partial charge in [0.25, 0.3) is 0 Å². The molecular formula is C9H10Br2O3S. The van der Waals surface area contributed by atoms with Gasteiger partial charge in [0.15, 0.2) is 9.84 Å². The second kappa shape index (κ2) is 4.95. The number of sulfone groups is 1. The smallest absolute Gasteiger partial charge is 0.163 e. The highest BCUT2D eigenvalue weighted by Gasteiger charge is 2.26. The lowest BCUT2D eigenvalue weighted by Gasteiger charge is -2.15. The van der Waals surface area contributed by atoms with Crippen LogP contribution in [-0.4, -0.2) is 23.9 Å². The summed E-state index contributed by atoms with van der Waals surface area (Å²) >= 11 is 6.23. The summed E-state index contributed by atoms with van der Waals surface area (Å²) in [5, 5.41) is 9.77. The standard InChI is InChI=1S/C9H10Br2O3S/c1-15(13,14)9(11)8(12)6-2-4-7(10)5-3-6/h2-5,8-9,12H,1H3/t8-,9-/m1/s1. The van der Waals surface area contributed by atoms with Crippen LogP contribution in [0.15, 0.2) is 28.7 Å². The normalized spacial score (nSPS) is 16.0. The van der Waals surface area contributed by atoms with Crippen LogP contribution in [0.1, 0.15) is 11.7 Å². The van der Waals surface area contributed by atoms with E-state index in [2.05, 4.69) is 31.9 Å². The molecule has 3 nitrogen and oxygen atoms in total. The van der Waals surface area contributed by atoms with E-state index in [1.165, 1.54) is 0 Å². The van der Waals surface area contributed by atoms with E-state index in [1.807, 2.05) is 0 Å². The van der Waals surface area contributed by atoms with E-state index in [0.717, 1.165) is 10.7 Å². The van der Waals surface area contributed by atoms with Crippen molar-refractivity contribution in [3.63, 3.8) is 0 Å². The van der Waals surface area contributed by atoms with Gasteiger partial charge in [-0.3, -0.25) is 0 Å². The molecule has 0 aliphatic rings. The average molecular weight is 358 g/mol.